The Balaban J connectivity index is 1.69. The zero-order valence-electron chi connectivity index (χ0n) is 9.91. The molecular weight excluding hydrogens is 216 g/mol. The average Bonchev–Trinajstić information content (AvgIpc) is 2.89. The quantitative estimate of drug-likeness (QED) is 0.800. The lowest BCUT2D eigenvalue weighted by molar-refractivity contribution is 0.109. The minimum absolute atomic E-state index is 0.640. The Morgan fingerprint density at radius 2 is 2.47 bits per heavy atom. The first-order valence-corrected chi connectivity index (χ1v) is 6.28. The van der Waals surface area contributed by atoms with Crippen LogP contribution >= 0.6 is 0 Å². The number of hydrogen-bond donors (Lipinski definition) is 2. The molecule has 3 rings (SSSR count). The van der Waals surface area contributed by atoms with Crippen molar-refractivity contribution in [2.45, 2.75) is 19.4 Å². The van der Waals surface area contributed by atoms with Gasteiger partial charge >= 0.3 is 0 Å². The van der Waals surface area contributed by atoms with Crippen molar-refractivity contribution in [1.82, 2.24) is 15.3 Å². The molecule has 0 saturated carbocycles. The maximum absolute atomic E-state index is 5.48. The molecule has 17 heavy (non-hydrogen) atoms. The number of ether oxygens (including phenoxy) is 1. The molecule has 1 fully saturated rings. The number of anilines is 1. The molecule has 1 atom stereocenters. The molecule has 2 aliphatic heterocycles. The molecular formula is C12H18N4O. The van der Waals surface area contributed by atoms with Crippen LogP contribution in [-0.2, 0) is 17.8 Å². The van der Waals surface area contributed by atoms with Crippen molar-refractivity contribution in [2.24, 2.45) is 5.92 Å². The van der Waals surface area contributed by atoms with Crippen LogP contribution in [0, 0.1) is 5.92 Å². The predicted octanol–water partition coefficient (Wildman–Crippen LogP) is 0.571. The van der Waals surface area contributed by atoms with Gasteiger partial charge in [0, 0.05) is 18.5 Å². The van der Waals surface area contributed by atoms with Crippen LogP contribution in [0.4, 0.5) is 5.82 Å². The van der Waals surface area contributed by atoms with E-state index in [4.69, 9.17) is 4.74 Å². The molecule has 2 aliphatic rings. The van der Waals surface area contributed by atoms with Crippen molar-refractivity contribution in [3.63, 3.8) is 0 Å². The van der Waals surface area contributed by atoms with E-state index in [2.05, 4.69) is 20.6 Å². The number of aromatic nitrogens is 2. The van der Waals surface area contributed by atoms with Crippen molar-refractivity contribution >= 4 is 5.82 Å². The second-order valence-electron chi connectivity index (χ2n) is 4.69. The van der Waals surface area contributed by atoms with Crippen molar-refractivity contribution in [2.75, 3.05) is 31.6 Å². The standard InChI is InChI=1S/C12H18N4O/c1-3-13-5-9(1)6-14-12-10-7-17-4-2-11(10)15-8-16-12/h8-9,13H,1-7H2,(H,14,15,16). The Morgan fingerprint density at radius 3 is 3.35 bits per heavy atom. The highest BCUT2D eigenvalue weighted by molar-refractivity contribution is 5.46. The fraction of sp³-hybridized carbons (Fsp3) is 0.667. The third-order valence-corrected chi connectivity index (χ3v) is 3.48. The fourth-order valence-corrected chi connectivity index (χ4v) is 2.44. The first-order valence-electron chi connectivity index (χ1n) is 6.28. The second-order valence-corrected chi connectivity index (χ2v) is 4.69. The van der Waals surface area contributed by atoms with E-state index in [1.54, 1.807) is 6.33 Å². The summed E-state index contributed by atoms with van der Waals surface area (Å²) >= 11 is 0. The summed E-state index contributed by atoms with van der Waals surface area (Å²) in [7, 11) is 0. The Morgan fingerprint density at radius 1 is 1.47 bits per heavy atom. The molecule has 5 nitrogen and oxygen atoms in total. The van der Waals surface area contributed by atoms with Crippen LogP contribution in [0.3, 0.4) is 0 Å². The third kappa shape index (κ3) is 2.40. The third-order valence-electron chi connectivity index (χ3n) is 3.48. The Labute approximate surface area is 101 Å². The van der Waals surface area contributed by atoms with Crippen LogP contribution in [0.1, 0.15) is 17.7 Å². The van der Waals surface area contributed by atoms with Crippen LogP contribution in [0.2, 0.25) is 0 Å². The van der Waals surface area contributed by atoms with Gasteiger partial charge in [-0.05, 0) is 25.4 Å². The topological polar surface area (TPSA) is 59.1 Å². The van der Waals surface area contributed by atoms with E-state index in [-0.39, 0.29) is 0 Å². The largest absolute Gasteiger partial charge is 0.376 e. The lowest BCUT2D eigenvalue weighted by Crippen LogP contribution is -2.21. The van der Waals surface area contributed by atoms with Crippen LogP contribution in [0.5, 0.6) is 0 Å². The van der Waals surface area contributed by atoms with Gasteiger partial charge in [0.15, 0.2) is 0 Å². The van der Waals surface area contributed by atoms with Crippen molar-refractivity contribution in [3.05, 3.63) is 17.6 Å². The Kier molecular flexibility index (Phi) is 3.20. The number of rotatable bonds is 3. The van der Waals surface area contributed by atoms with Crippen molar-refractivity contribution < 1.29 is 4.74 Å². The SMILES string of the molecule is c1nc2c(c(NCC3CCNC3)n1)COCC2. The highest BCUT2D eigenvalue weighted by Gasteiger charge is 2.18. The van der Waals surface area contributed by atoms with E-state index < -0.39 is 0 Å². The summed E-state index contributed by atoms with van der Waals surface area (Å²) in [6.07, 6.45) is 3.80. The van der Waals surface area contributed by atoms with Gasteiger partial charge in [0.1, 0.15) is 12.1 Å². The zero-order chi connectivity index (χ0) is 11.5. The van der Waals surface area contributed by atoms with E-state index in [1.165, 1.54) is 6.42 Å². The van der Waals surface area contributed by atoms with Gasteiger partial charge in [0.25, 0.3) is 0 Å². The van der Waals surface area contributed by atoms with Crippen LogP contribution in [0.15, 0.2) is 6.33 Å². The maximum Gasteiger partial charge on any atom is 0.135 e. The Bertz CT molecular complexity index is 390. The van der Waals surface area contributed by atoms with E-state index >= 15 is 0 Å². The lowest BCUT2D eigenvalue weighted by atomic mass is 10.1. The van der Waals surface area contributed by atoms with Gasteiger partial charge in [-0.15, -0.1) is 0 Å². The van der Waals surface area contributed by atoms with Crippen LogP contribution < -0.4 is 10.6 Å². The molecule has 0 aliphatic carbocycles. The molecule has 1 saturated heterocycles. The summed E-state index contributed by atoms with van der Waals surface area (Å²) in [6.45, 7) is 4.64. The number of nitrogens with one attached hydrogen (secondary N) is 2. The summed E-state index contributed by atoms with van der Waals surface area (Å²) in [5, 5.41) is 6.82. The zero-order valence-corrected chi connectivity index (χ0v) is 9.91. The molecule has 3 heterocycles. The summed E-state index contributed by atoms with van der Waals surface area (Å²) in [5.41, 5.74) is 2.28. The first kappa shape index (κ1) is 10.9. The number of fused-ring (bicyclic) bond motifs is 1. The normalized spacial score (nSPS) is 23.4. The summed E-state index contributed by atoms with van der Waals surface area (Å²) in [5.74, 6) is 1.67. The van der Waals surface area contributed by atoms with Crippen molar-refractivity contribution in [3.8, 4) is 0 Å². The minimum Gasteiger partial charge on any atom is -0.376 e. The highest BCUT2D eigenvalue weighted by Crippen LogP contribution is 2.21. The molecule has 1 unspecified atom stereocenters. The lowest BCUT2D eigenvalue weighted by Gasteiger charge is -2.19. The minimum atomic E-state index is 0.640. The smallest absolute Gasteiger partial charge is 0.135 e. The first-order chi connectivity index (χ1) is 8.43. The molecule has 0 amide bonds. The van der Waals surface area contributed by atoms with Gasteiger partial charge in [-0.3, -0.25) is 0 Å². The predicted molar refractivity (Wildman–Crippen MR) is 64.9 cm³/mol. The molecule has 0 bridgehead atoms. The second kappa shape index (κ2) is 4.98. The summed E-state index contributed by atoms with van der Waals surface area (Å²) in [6, 6.07) is 0. The number of hydrogen-bond acceptors (Lipinski definition) is 5. The molecule has 0 spiro atoms. The van der Waals surface area contributed by atoms with Crippen molar-refractivity contribution in [1.29, 1.82) is 0 Å². The molecule has 0 aromatic carbocycles. The van der Waals surface area contributed by atoms with Crippen LogP contribution in [0.25, 0.3) is 0 Å². The van der Waals surface area contributed by atoms with Gasteiger partial charge in [-0.2, -0.15) is 0 Å². The van der Waals surface area contributed by atoms with Gasteiger partial charge in [0.2, 0.25) is 0 Å². The highest BCUT2D eigenvalue weighted by atomic mass is 16.5. The number of nitrogens with zero attached hydrogens (tertiary/aromatic N) is 2. The molecule has 1 aromatic heterocycles. The summed E-state index contributed by atoms with van der Waals surface area (Å²) in [4.78, 5) is 8.65. The van der Waals surface area contributed by atoms with Gasteiger partial charge in [-0.1, -0.05) is 0 Å². The van der Waals surface area contributed by atoms with E-state index in [0.717, 1.165) is 49.7 Å². The van der Waals surface area contributed by atoms with Gasteiger partial charge in [0.05, 0.1) is 18.9 Å². The Hall–Kier alpha value is -1.20. The maximum atomic E-state index is 5.48. The summed E-state index contributed by atoms with van der Waals surface area (Å²) < 4.78 is 5.48. The van der Waals surface area contributed by atoms with E-state index in [1.807, 2.05) is 0 Å². The molecule has 0 radical (unpaired) electrons. The molecule has 92 valence electrons. The van der Waals surface area contributed by atoms with Crippen LogP contribution in [-0.4, -0.2) is 36.2 Å². The molecule has 1 aromatic rings. The van der Waals surface area contributed by atoms with E-state index in [0.29, 0.717) is 12.5 Å². The monoisotopic (exact) mass is 234 g/mol. The van der Waals surface area contributed by atoms with Gasteiger partial charge in [-0.25, -0.2) is 9.97 Å². The molecule has 2 N–H and O–H groups in total. The molecule has 5 heteroatoms. The fourth-order valence-electron chi connectivity index (χ4n) is 2.44. The van der Waals surface area contributed by atoms with E-state index in [9.17, 15) is 0 Å². The van der Waals surface area contributed by atoms with Gasteiger partial charge < -0.3 is 15.4 Å². The average molecular weight is 234 g/mol.